The molecule has 0 saturated heterocycles. The van der Waals surface area contributed by atoms with Gasteiger partial charge >= 0.3 is 5.97 Å². The third kappa shape index (κ3) is 11.7. The van der Waals surface area contributed by atoms with Crippen LogP contribution >= 0.6 is 0 Å². The Morgan fingerprint density at radius 2 is 1.95 bits per heavy atom. The Kier molecular flexibility index (Phi) is 8.34. The second-order valence-electron chi connectivity index (χ2n) is 5.42. The number of aliphatic hydroxyl groups excluding tert-OH is 1. The molecule has 0 aliphatic carbocycles. The fraction of sp³-hybridized carbons (Fsp3) is 0.846. The van der Waals surface area contributed by atoms with Crippen LogP contribution in [0.4, 0.5) is 0 Å². The SMILES string of the molecule is CCOC(=O)CC(O)CNCCC(=O)NC(C)(C)C. The highest BCUT2D eigenvalue weighted by atomic mass is 16.5. The van der Waals surface area contributed by atoms with Crippen LogP contribution < -0.4 is 10.6 Å². The highest BCUT2D eigenvalue weighted by molar-refractivity contribution is 5.76. The minimum atomic E-state index is -0.787. The lowest BCUT2D eigenvalue weighted by molar-refractivity contribution is -0.145. The van der Waals surface area contributed by atoms with Gasteiger partial charge in [-0.2, -0.15) is 0 Å². The van der Waals surface area contributed by atoms with Crippen LogP contribution in [0.25, 0.3) is 0 Å². The number of hydrogen-bond acceptors (Lipinski definition) is 5. The number of hydrogen-bond donors (Lipinski definition) is 3. The van der Waals surface area contributed by atoms with E-state index in [0.717, 1.165) is 0 Å². The summed E-state index contributed by atoms with van der Waals surface area (Å²) < 4.78 is 4.72. The van der Waals surface area contributed by atoms with E-state index >= 15 is 0 Å². The minimum absolute atomic E-state index is 0.0327. The molecule has 0 spiro atoms. The van der Waals surface area contributed by atoms with E-state index in [1.165, 1.54) is 0 Å². The van der Waals surface area contributed by atoms with Crippen LogP contribution in [-0.4, -0.2) is 48.3 Å². The average molecular weight is 274 g/mol. The van der Waals surface area contributed by atoms with Gasteiger partial charge in [-0.3, -0.25) is 9.59 Å². The summed E-state index contributed by atoms with van der Waals surface area (Å²) in [6, 6.07) is 0. The molecule has 1 unspecified atom stereocenters. The van der Waals surface area contributed by atoms with Gasteiger partial charge < -0.3 is 20.5 Å². The van der Waals surface area contributed by atoms with Crippen molar-refractivity contribution in [3.05, 3.63) is 0 Å². The monoisotopic (exact) mass is 274 g/mol. The quantitative estimate of drug-likeness (QED) is 0.434. The molecule has 1 amide bonds. The Hall–Kier alpha value is -1.14. The molecule has 0 rings (SSSR count). The predicted molar refractivity (Wildman–Crippen MR) is 72.6 cm³/mol. The lowest BCUT2D eigenvalue weighted by Gasteiger charge is -2.20. The Labute approximate surface area is 114 Å². The van der Waals surface area contributed by atoms with E-state index in [9.17, 15) is 14.7 Å². The molecule has 6 nitrogen and oxygen atoms in total. The molecule has 0 aromatic heterocycles. The zero-order valence-corrected chi connectivity index (χ0v) is 12.3. The first-order chi connectivity index (χ1) is 8.74. The number of aliphatic hydroxyl groups is 1. The van der Waals surface area contributed by atoms with Gasteiger partial charge in [-0.25, -0.2) is 0 Å². The lowest BCUT2D eigenvalue weighted by Crippen LogP contribution is -2.42. The van der Waals surface area contributed by atoms with Crippen molar-refractivity contribution < 1.29 is 19.4 Å². The molecule has 112 valence electrons. The summed E-state index contributed by atoms with van der Waals surface area (Å²) in [4.78, 5) is 22.6. The van der Waals surface area contributed by atoms with E-state index < -0.39 is 12.1 Å². The summed E-state index contributed by atoms with van der Waals surface area (Å²) in [6.07, 6.45) is -0.483. The molecule has 0 saturated carbocycles. The molecular weight excluding hydrogens is 248 g/mol. The number of rotatable bonds is 8. The Balaban J connectivity index is 3.63. The number of ether oxygens (including phenoxy) is 1. The maximum absolute atomic E-state index is 11.5. The molecule has 0 aromatic carbocycles. The number of amides is 1. The second kappa shape index (κ2) is 8.87. The summed E-state index contributed by atoms with van der Waals surface area (Å²) >= 11 is 0. The molecule has 0 aliphatic heterocycles. The van der Waals surface area contributed by atoms with E-state index in [1.54, 1.807) is 6.92 Å². The Morgan fingerprint density at radius 1 is 1.32 bits per heavy atom. The summed E-state index contributed by atoms with van der Waals surface area (Å²) in [5, 5.41) is 15.3. The largest absolute Gasteiger partial charge is 0.466 e. The van der Waals surface area contributed by atoms with Gasteiger partial charge in [0.15, 0.2) is 0 Å². The van der Waals surface area contributed by atoms with Gasteiger partial charge in [-0.1, -0.05) is 0 Å². The topological polar surface area (TPSA) is 87.7 Å². The third-order valence-electron chi connectivity index (χ3n) is 2.13. The number of nitrogens with one attached hydrogen (secondary N) is 2. The maximum atomic E-state index is 11.5. The van der Waals surface area contributed by atoms with Gasteiger partial charge in [0.25, 0.3) is 0 Å². The first-order valence-electron chi connectivity index (χ1n) is 6.60. The molecule has 0 aliphatic rings. The number of esters is 1. The van der Waals surface area contributed by atoms with Gasteiger partial charge in [0.05, 0.1) is 19.1 Å². The zero-order chi connectivity index (χ0) is 14.9. The van der Waals surface area contributed by atoms with Crippen LogP contribution in [0.5, 0.6) is 0 Å². The third-order valence-corrected chi connectivity index (χ3v) is 2.13. The van der Waals surface area contributed by atoms with Crippen LogP contribution in [0.15, 0.2) is 0 Å². The van der Waals surface area contributed by atoms with Gasteiger partial charge in [-0.05, 0) is 27.7 Å². The molecule has 0 bridgehead atoms. The van der Waals surface area contributed by atoms with Crippen LogP contribution in [-0.2, 0) is 14.3 Å². The van der Waals surface area contributed by atoms with Crippen LogP contribution in [0, 0.1) is 0 Å². The minimum Gasteiger partial charge on any atom is -0.466 e. The van der Waals surface area contributed by atoms with Crippen molar-refractivity contribution in [3.63, 3.8) is 0 Å². The van der Waals surface area contributed by atoms with Crippen molar-refractivity contribution in [1.82, 2.24) is 10.6 Å². The molecule has 6 heteroatoms. The smallest absolute Gasteiger partial charge is 0.308 e. The van der Waals surface area contributed by atoms with E-state index in [2.05, 4.69) is 10.6 Å². The maximum Gasteiger partial charge on any atom is 0.308 e. The van der Waals surface area contributed by atoms with Crippen molar-refractivity contribution in [3.8, 4) is 0 Å². The number of carbonyl (C=O) groups is 2. The molecular formula is C13H26N2O4. The van der Waals surface area contributed by atoms with Crippen LogP contribution in [0.1, 0.15) is 40.5 Å². The molecule has 0 radical (unpaired) electrons. The summed E-state index contributed by atoms with van der Waals surface area (Å²) in [6.45, 7) is 8.51. The first-order valence-corrected chi connectivity index (χ1v) is 6.60. The standard InChI is InChI=1S/C13H26N2O4/c1-5-19-12(18)8-10(16)9-14-7-6-11(17)15-13(2,3)4/h10,14,16H,5-9H2,1-4H3,(H,15,17). The normalized spacial score (nSPS) is 12.9. The van der Waals surface area contributed by atoms with Crippen molar-refractivity contribution in [2.45, 2.75) is 52.2 Å². The molecule has 1 atom stereocenters. The van der Waals surface area contributed by atoms with E-state index in [4.69, 9.17) is 4.74 Å². The molecule has 0 aromatic rings. The van der Waals surface area contributed by atoms with Crippen molar-refractivity contribution >= 4 is 11.9 Å². The summed E-state index contributed by atoms with van der Waals surface area (Å²) in [7, 11) is 0. The lowest BCUT2D eigenvalue weighted by atomic mass is 10.1. The molecule has 0 heterocycles. The average Bonchev–Trinajstić information content (AvgIpc) is 2.22. The van der Waals surface area contributed by atoms with Crippen molar-refractivity contribution in [1.29, 1.82) is 0 Å². The zero-order valence-electron chi connectivity index (χ0n) is 12.3. The number of carbonyl (C=O) groups excluding carboxylic acids is 2. The van der Waals surface area contributed by atoms with Gasteiger partial charge in [0.1, 0.15) is 0 Å². The summed E-state index contributed by atoms with van der Waals surface area (Å²) in [5.41, 5.74) is -0.236. The highest BCUT2D eigenvalue weighted by Gasteiger charge is 2.14. The Bertz CT molecular complexity index is 287. The molecule has 3 N–H and O–H groups in total. The Morgan fingerprint density at radius 3 is 2.47 bits per heavy atom. The van der Waals surface area contributed by atoms with Crippen molar-refractivity contribution in [2.24, 2.45) is 0 Å². The highest BCUT2D eigenvalue weighted by Crippen LogP contribution is 1.99. The van der Waals surface area contributed by atoms with Gasteiger partial charge in [0, 0.05) is 25.0 Å². The summed E-state index contributed by atoms with van der Waals surface area (Å²) in [5.74, 6) is -0.456. The molecule has 19 heavy (non-hydrogen) atoms. The van der Waals surface area contributed by atoms with Gasteiger partial charge in [0.2, 0.25) is 5.91 Å². The van der Waals surface area contributed by atoms with Crippen molar-refractivity contribution in [2.75, 3.05) is 19.7 Å². The van der Waals surface area contributed by atoms with E-state index in [0.29, 0.717) is 19.6 Å². The fourth-order valence-corrected chi connectivity index (χ4v) is 1.44. The van der Waals surface area contributed by atoms with E-state index in [-0.39, 0.29) is 24.4 Å². The van der Waals surface area contributed by atoms with Crippen LogP contribution in [0.3, 0.4) is 0 Å². The predicted octanol–water partition coefficient (Wildman–Crippen LogP) is 0.195. The van der Waals surface area contributed by atoms with E-state index in [1.807, 2.05) is 20.8 Å². The fourth-order valence-electron chi connectivity index (χ4n) is 1.44. The molecule has 0 fully saturated rings. The first kappa shape index (κ1) is 17.9. The van der Waals surface area contributed by atoms with Gasteiger partial charge in [-0.15, -0.1) is 0 Å². The van der Waals surface area contributed by atoms with Crippen LogP contribution in [0.2, 0.25) is 0 Å². The second-order valence-corrected chi connectivity index (χ2v) is 5.42.